The van der Waals surface area contributed by atoms with Crippen molar-refractivity contribution in [3.05, 3.63) is 23.8 Å². The summed E-state index contributed by atoms with van der Waals surface area (Å²) in [5, 5.41) is 18.9. The van der Waals surface area contributed by atoms with Crippen LogP contribution in [0.4, 0.5) is 0 Å². The molecule has 3 nitrogen and oxygen atoms in total. The van der Waals surface area contributed by atoms with E-state index >= 15 is 0 Å². The number of rotatable bonds is 4. The van der Waals surface area contributed by atoms with Crippen LogP contribution < -0.4 is 4.74 Å². The molecule has 1 aliphatic rings. The molecule has 104 valence electrons. The summed E-state index contributed by atoms with van der Waals surface area (Å²) in [6.45, 7) is 0. The van der Waals surface area contributed by atoms with E-state index in [4.69, 9.17) is 4.74 Å². The van der Waals surface area contributed by atoms with E-state index in [1.54, 1.807) is 35.3 Å². The molecule has 19 heavy (non-hydrogen) atoms. The minimum atomic E-state index is -1.45. The number of fused-ring (bicyclic) bond motifs is 1. The Kier molecular flexibility index (Phi) is 5.06. The van der Waals surface area contributed by atoms with Gasteiger partial charge < -0.3 is 14.8 Å². The number of benzene rings is 1. The predicted octanol–water partition coefficient (Wildman–Crippen LogP) is 2.45. The van der Waals surface area contributed by atoms with E-state index < -0.39 is 13.1 Å². The van der Waals surface area contributed by atoms with Gasteiger partial charge in [0.05, 0.1) is 4.08 Å². The van der Waals surface area contributed by atoms with Crippen molar-refractivity contribution in [2.45, 2.75) is 21.4 Å². The first-order chi connectivity index (χ1) is 9.06. The van der Waals surface area contributed by atoms with E-state index in [1.165, 1.54) is 0 Å². The Labute approximate surface area is 127 Å². The van der Waals surface area contributed by atoms with Gasteiger partial charge in [-0.25, -0.2) is 0 Å². The van der Waals surface area contributed by atoms with E-state index in [-0.39, 0.29) is 4.08 Å². The van der Waals surface area contributed by atoms with Crippen molar-refractivity contribution in [1.82, 2.24) is 0 Å². The van der Waals surface area contributed by atoms with Gasteiger partial charge in [0.1, 0.15) is 11.8 Å². The van der Waals surface area contributed by atoms with Gasteiger partial charge in [-0.15, -0.1) is 35.3 Å². The second-order valence-corrected chi connectivity index (χ2v) is 7.65. The molecule has 1 atom stereocenters. The van der Waals surface area contributed by atoms with Crippen LogP contribution >= 0.6 is 35.3 Å². The number of hydrogen-bond donors (Lipinski definition) is 2. The lowest BCUT2D eigenvalue weighted by Gasteiger charge is -2.40. The molecule has 1 aliphatic heterocycles. The van der Waals surface area contributed by atoms with Gasteiger partial charge in [0.2, 0.25) is 0 Å². The molecule has 2 N–H and O–H groups in total. The molecule has 0 saturated heterocycles. The maximum Gasteiger partial charge on any atom is 0.495 e. The van der Waals surface area contributed by atoms with E-state index in [9.17, 15) is 10.0 Å². The Balaban J connectivity index is 2.49. The Morgan fingerprint density at radius 1 is 1.26 bits per heavy atom. The molecule has 0 bridgehead atoms. The second-order valence-electron chi connectivity index (χ2n) is 4.30. The lowest BCUT2D eigenvalue weighted by molar-refractivity contribution is 0.189. The van der Waals surface area contributed by atoms with Gasteiger partial charge in [0.15, 0.2) is 0 Å². The molecule has 0 aromatic heterocycles. The van der Waals surface area contributed by atoms with Crippen LogP contribution in [0.15, 0.2) is 23.1 Å². The molecule has 1 heterocycles. The minimum absolute atomic E-state index is 0.182. The van der Waals surface area contributed by atoms with Crippen LogP contribution in [0.5, 0.6) is 5.75 Å². The SMILES string of the molecule is CSc1ccc2c(c1)OC(B(O)O)CC2(SC)SC. The highest BCUT2D eigenvalue weighted by Gasteiger charge is 2.44. The quantitative estimate of drug-likeness (QED) is 0.505. The summed E-state index contributed by atoms with van der Waals surface area (Å²) in [7, 11) is -1.45. The lowest BCUT2D eigenvalue weighted by Crippen LogP contribution is -2.44. The highest BCUT2D eigenvalue weighted by atomic mass is 32.2. The Bertz CT molecular complexity index is 452. The van der Waals surface area contributed by atoms with Crippen LogP contribution in [0.2, 0.25) is 0 Å². The fourth-order valence-corrected chi connectivity index (χ4v) is 4.79. The van der Waals surface area contributed by atoms with Gasteiger partial charge in [0.25, 0.3) is 0 Å². The molecule has 0 saturated carbocycles. The van der Waals surface area contributed by atoms with Crippen molar-refractivity contribution in [2.75, 3.05) is 18.8 Å². The predicted molar refractivity (Wildman–Crippen MR) is 86.2 cm³/mol. The van der Waals surface area contributed by atoms with Crippen molar-refractivity contribution in [2.24, 2.45) is 0 Å². The average Bonchev–Trinajstić information content (AvgIpc) is 2.45. The topological polar surface area (TPSA) is 49.7 Å². The molecule has 0 radical (unpaired) electrons. The average molecular weight is 316 g/mol. The fraction of sp³-hybridized carbons (Fsp3) is 0.500. The summed E-state index contributed by atoms with van der Waals surface area (Å²) < 4.78 is 5.57. The van der Waals surface area contributed by atoms with Crippen LogP contribution in [-0.4, -0.2) is 41.9 Å². The van der Waals surface area contributed by atoms with Crippen molar-refractivity contribution >= 4 is 42.4 Å². The first kappa shape index (κ1) is 15.4. The third-order valence-electron chi connectivity index (χ3n) is 3.34. The molecule has 1 aromatic carbocycles. The summed E-state index contributed by atoms with van der Waals surface area (Å²) in [4.78, 5) is 1.11. The Morgan fingerprint density at radius 2 is 1.95 bits per heavy atom. The zero-order valence-electron chi connectivity index (χ0n) is 11.1. The normalized spacial score (nSPS) is 20.6. The highest BCUT2D eigenvalue weighted by molar-refractivity contribution is 8.16. The number of thioether (sulfide) groups is 3. The monoisotopic (exact) mass is 316 g/mol. The summed E-state index contributed by atoms with van der Waals surface area (Å²) in [6.07, 6.45) is 6.70. The van der Waals surface area contributed by atoms with E-state index in [1.807, 2.05) is 12.3 Å². The molecule has 1 unspecified atom stereocenters. The van der Waals surface area contributed by atoms with Crippen LogP contribution in [-0.2, 0) is 4.08 Å². The highest BCUT2D eigenvalue weighted by Crippen LogP contribution is 2.54. The first-order valence-corrected chi connectivity index (χ1v) is 9.55. The molecule has 0 aliphatic carbocycles. The third kappa shape index (κ3) is 2.90. The number of ether oxygens (including phenoxy) is 1. The van der Waals surface area contributed by atoms with Gasteiger partial charge in [-0.2, -0.15) is 0 Å². The zero-order chi connectivity index (χ0) is 14.0. The van der Waals surface area contributed by atoms with Crippen molar-refractivity contribution < 1.29 is 14.8 Å². The van der Waals surface area contributed by atoms with Gasteiger partial charge in [-0.3, -0.25) is 0 Å². The number of hydrogen-bond acceptors (Lipinski definition) is 6. The molecular formula is C12H17BO3S3. The van der Waals surface area contributed by atoms with E-state index in [0.717, 1.165) is 16.2 Å². The van der Waals surface area contributed by atoms with Gasteiger partial charge in [-0.1, -0.05) is 6.07 Å². The van der Waals surface area contributed by atoms with Crippen LogP contribution in [0.1, 0.15) is 12.0 Å². The Morgan fingerprint density at radius 3 is 2.47 bits per heavy atom. The summed E-state index contributed by atoms with van der Waals surface area (Å²) in [6, 6.07) is 5.58. The molecule has 0 amide bonds. The van der Waals surface area contributed by atoms with Crippen molar-refractivity contribution in [1.29, 1.82) is 0 Å². The van der Waals surface area contributed by atoms with Gasteiger partial charge in [-0.05, 0) is 30.9 Å². The van der Waals surface area contributed by atoms with Crippen LogP contribution in [0, 0.1) is 0 Å². The van der Waals surface area contributed by atoms with Crippen LogP contribution in [0.25, 0.3) is 0 Å². The molecule has 1 aromatic rings. The molecular weight excluding hydrogens is 299 g/mol. The molecule has 0 spiro atoms. The molecule has 7 heteroatoms. The maximum absolute atomic E-state index is 9.46. The maximum atomic E-state index is 9.46. The zero-order valence-corrected chi connectivity index (χ0v) is 13.6. The first-order valence-electron chi connectivity index (χ1n) is 5.88. The second kappa shape index (κ2) is 6.22. The third-order valence-corrected chi connectivity index (χ3v) is 7.16. The molecule has 2 rings (SSSR count). The summed E-state index contributed by atoms with van der Waals surface area (Å²) in [5.41, 5.74) is 1.13. The summed E-state index contributed by atoms with van der Waals surface area (Å²) in [5.74, 6) is 0.764. The minimum Gasteiger partial charge on any atom is -0.492 e. The Hall–Kier alpha value is 0.0549. The lowest BCUT2D eigenvalue weighted by atomic mass is 9.77. The van der Waals surface area contributed by atoms with Crippen molar-refractivity contribution in [3.8, 4) is 5.75 Å². The van der Waals surface area contributed by atoms with Gasteiger partial charge in [0, 0.05) is 16.9 Å². The van der Waals surface area contributed by atoms with Crippen molar-refractivity contribution in [3.63, 3.8) is 0 Å². The van der Waals surface area contributed by atoms with Gasteiger partial charge >= 0.3 is 7.12 Å². The summed E-state index contributed by atoms with van der Waals surface area (Å²) >= 11 is 5.10. The fourth-order valence-electron chi connectivity index (χ4n) is 2.26. The standard InChI is InChI=1S/C12H17BO3S3/c1-17-8-4-5-9-10(6-8)16-11(13(14)15)7-12(9,18-2)19-3/h4-6,11,14-15H,7H2,1-3H3. The largest absolute Gasteiger partial charge is 0.495 e. The molecule has 0 fully saturated rings. The van der Waals surface area contributed by atoms with Crippen LogP contribution in [0.3, 0.4) is 0 Å². The van der Waals surface area contributed by atoms with E-state index in [0.29, 0.717) is 6.42 Å². The van der Waals surface area contributed by atoms with E-state index in [2.05, 4.69) is 24.6 Å². The smallest absolute Gasteiger partial charge is 0.492 e.